The van der Waals surface area contributed by atoms with Gasteiger partial charge in [-0.05, 0) is 43.5 Å². The maximum atomic E-state index is 14.8. The van der Waals surface area contributed by atoms with Gasteiger partial charge in [-0.15, -0.1) is 0 Å². The first-order valence-electron chi connectivity index (χ1n) is 12.0. The number of aryl methyl sites for hydroxylation is 1. The highest BCUT2D eigenvalue weighted by molar-refractivity contribution is 6.32. The summed E-state index contributed by atoms with van der Waals surface area (Å²) in [6, 6.07) is 8.15. The Morgan fingerprint density at radius 1 is 1.17 bits per heavy atom. The van der Waals surface area contributed by atoms with Crippen molar-refractivity contribution in [2.75, 3.05) is 24.5 Å². The molecule has 1 N–H and O–H groups in total. The number of hydrogen-bond donors (Lipinski definition) is 1. The number of fused-ring (bicyclic) bond motifs is 1. The molecule has 0 amide bonds. The third kappa shape index (κ3) is 4.12. The maximum Gasteiger partial charge on any atom is 0.356 e. The van der Waals surface area contributed by atoms with Crippen molar-refractivity contribution in [2.45, 2.75) is 39.7 Å². The smallest absolute Gasteiger partial charge is 0.349 e. The number of halogens is 2. The minimum absolute atomic E-state index is 0.0287. The topological polar surface area (TPSA) is 88.8 Å². The van der Waals surface area contributed by atoms with Gasteiger partial charge in [0.25, 0.3) is 0 Å². The van der Waals surface area contributed by atoms with Gasteiger partial charge in [-0.25, -0.2) is 23.7 Å². The fraction of sp³-hybridized carbons (Fsp3) is 0.346. The summed E-state index contributed by atoms with van der Waals surface area (Å²) >= 11 is 6.61. The van der Waals surface area contributed by atoms with Crippen LogP contribution < -0.4 is 15.9 Å². The molecule has 4 aromatic rings. The molecule has 0 unspecified atom stereocenters. The molecule has 4 heterocycles. The highest BCUT2D eigenvalue weighted by Crippen LogP contribution is 2.33. The van der Waals surface area contributed by atoms with Crippen LogP contribution in [0.15, 0.2) is 41.3 Å². The zero-order valence-corrected chi connectivity index (χ0v) is 21.3. The van der Waals surface area contributed by atoms with Gasteiger partial charge in [0, 0.05) is 37.4 Å². The molecule has 0 spiro atoms. The Kier molecular flexibility index (Phi) is 6.44. The molecule has 1 atom stereocenters. The summed E-state index contributed by atoms with van der Waals surface area (Å²) in [4.78, 5) is 34.3. The molecule has 1 aromatic carbocycles. The van der Waals surface area contributed by atoms with Crippen LogP contribution in [0, 0.1) is 12.7 Å². The molecule has 1 aliphatic heterocycles. The summed E-state index contributed by atoms with van der Waals surface area (Å²) in [5.74, 6) is -0.0317. The second kappa shape index (κ2) is 9.55. The van der Waals surface area contributed by atoms with Crippen LogP contribution in [0.3, 0.4) is 0 Å². The van der Waals surface area contributed by atoms with Gasteiger partial charge in [-0.3, -0.25) is 4.98 Å². The Bertz CT molecular complexity index is 1520. The molecule has 3 aromatic heterocycles. The molecule has 0 aliphatic carbocycles. The summed E-state index contributed by atoms with van der Waals surface area (Å²) in [6.45, 7) is 10.1. The van der Waals surface area contributed by atoms with Gasteiger partial charge in [-0.1, -0.05) is 37.6 Å². The summed E-state index contributed by atoms with van der Waals surface area (Å²) in [6.07, 6.45) is 1.72. The Labute approximate surface area is 213 Å². The van der Waals surface area contributed by atoms with Crippen LogP contribution >= 0.6 is 11.6 Å². The standard InChI is InChI=1S/C26H27ClFN7O/c1-14(2)19-22(15(3)9-10-30-19)35-25-21(24(33-26(35)36)34-12-11-29-13-16(34)4)31-23(27)20(32-25)17-7-5-6-8-18(17)28/h5-10,14,16,29H,11-13H2,1-4H3/t16-/m0/s1. The van der Waals surface area contributed by atoms with E-state index in [1.807, 2.05) is 31.7 Å². The average Bonchev–Trinajstić information content (AvgIpc) is 2.85. The van der Waals surface area contributed by atoms with Crippen LogP contribution in [0.5, 0.6) is 0 Å². The van der Waals surface area contributed by atoms with Gasteiger partial charge in [0.05, 0.1) is 11.4 Å². The Hall–Kier alpha value is -3.43. The zero-order valence-electron chi connectivity index (χ0n) is 20.6. The second-order valence-electron chi connectivity index (χ2n) is 9.33. The van der Waals surface area contributed by atoms with E-state index >= 15 is 0 Å². The molecule has 1 aliphatic rings. The van der Waals surface area contributed by atoms with Gasteiger partial charge < -0.3 is 10.2 Å². The molecular formula is C26H27ClFN7O. The third-order valence-corrected chi connectivity index (χ3v) is 6.74. The predicted molar refractivity (Wildman–Crippen MR) is 140 cm³/mol. The number of aromatic nitrogens is 5. The predicted octanol–water partition coefficient (Wildman–Crippen LogP) is 4.26. The molecule has 0 radical (unpaired) electrons. The van der Waals surface area contributed by atoms with Crippen molar-refractivity contribution in [2.24, 2.45) is 0 Å². The molecule has 36 heavy (non-hydrogen) atoms. The molecule has 1 saturated heterocycles. The van der Waals surface area contributed by atoms with E-state index in [0.717, 1.165) is 24.3 Å². The van der Waals surface area contributed by atoms with Crippen molar-refractivity contribution in [1.82, 2.24) is 29.8 Å². The van der Waals surface area contributed by atoms with Gasteiger partial charge in [-0.2, -0.15) is 4.98 Å². The van der Waals surface area contributed by atoms with Gasteiger partial charge >= 0.3 is 5.69 Å². The summed E-state index contributed by atoms with van der Waals surface area (Å²) in [5.41, 5.74) is 2.68. The van der Waals surface area contributed by atoms with Crippen molar-refractivity contribution >= 4 is 28.6 Å². The Morgan fingerprint density at radius 2 is 1.94 bits per heavy atom. The molecule has 0 saturated carbocycles. The van der Waals surface area contributed by atoms with E-state index in [2.05, 4.69) is 27.2 Å². The molecule has 186 valence electrons. The molecular weight excluding hydrogens is 481 g/mol. The minimum atomic E-state index is -0.502. The van der Waals surface area contributed by atoms with Crippen molar-refractivity contribution < 1.29 is 4.39 Å². The maximum absolute atomic E-state index is 14.8. The van der Waals surface area contributed by atoms with E-state index in [1.54, 1.807) is 24.4 Å². The zero-order chi connectivity index (χ0) is 25.6. The Morgan fingerprint density at radius 3 is 2.67 bits per heavy atom. The lowest BCUT2D eigenvalue weighted by Gasteiger charge is -2.35. The highest BCUT2D eigenvalue weighted by Gasteiger charge is 2.28. The van der Waals surface area contributed by atoms with Crippen LogP contribution in [0.1, 0.15) is 37.9 Å². The largest absolute Gasteiger partial charge is 0.356 e. The van der Waals surface area contributed by atoms with Crippen molar-refractivity contribution in [1.29, 1.82) is 0 Å². The lowest BCUT2D eigenvalue weighted by Crippen LogP contribution is -2.51. The number of pyridine rings is 1. The number of anilines is 1. The molecule has 10 heteroatoms. The minimum Gasteiger partial charge on any atom is -0.349 e. The number of nitrogens with zero attached hydrogens (tertiary/aromatic N) is 6. The van der Waals surface area contributed by atoms with E-state index in [1.165, 1.54) is 10.6 Å². The fourth-order valence-corrected chi connectivity index (χ4v) is 4.89. The fourth-order valence-electron chi connectivity index (χ4n) is 4.66. The second-order valence-corrected chi connectivity index (χ2v) is 9.69. The normalized spacial score (nSPS) is 16.2. The van der Waals surface area contributed by atoms with E-state index in [4.69, 9.17) is 16.6 Å². The Balaban J connectivity index is 1.90. The number of piperazine rings is 1. The quantitative estimate of drug-likeness (QED) is 0.441. The first-order chi connectivity index (χ1) is 17.3. The monoisotopic (exact) mass is 507 g/mol. The van der Waals surface area contributed by atoms with Crippen molar-refractivity contribution in [3.63, 3.8) is 0 Å². The van der Waals surface area contributed by atoms with Gasteiger partial charge in [0.15, 0.2) is 22.1 Å². The SMILES string of the molecule is Cc1ccnc(C(C)C)c1-n1c(=O)nc(N2CCNC[C@@H]2C)c2nc(Cl)c(-c3ccccc3F)nc21. The molecule has 8 nitrogen and oxygen atoms in total. The first-order valence-corrected chi connectivity index (χ1v) is 12.3. The van der Waals surface area contributed by atoms with Crippen LogP contribution in [-0.4, -0.2) is 50.2 Å². The molecule has 1 fully saturated rings. The lowest BCUT2D eigenvalue weighted by molar-refractivity contribution is 0.497. The van der Waals surface area contributed by atoms with Crippen molar-refractivity contribution in [3.05, 3.63) is 69.2 Å². The van der Waals surface area contributed by atoms with Crippen LogP contribution in [-0.2, 0) is 0 Å². The average molecular weight is 508 g/mol. The third-order valence-electron chi connectivity index (χ3n) is 6.48. The number of nitrogens with one attached hydrogen (secondary N) is 1. The van der Waals surface area contributed by atoms with Gasteiger partial charge in [0.2, 0.25) is 0 Å². The number of rotatable bonds is 4. The van der Waals surface area contributed by atoms with E-state index < -0.39 is 11.5 Å². The molecule has 5 rings (SSSR count). The van der Waals surface area contributed by atoms with Crippen LogP contribution in [0.4, 0.5) is 10.2 Å². The summed E-state index contributed by atoms with van der Waals surface area (Å²) in [7, 11) is 0. The van der Waals surface area contributed by atoms with E-state index in [0.29, 0.717) is 23.6 Å². The first kappa shape index (κ1) is 24.3. The summed E-state index contributed by atoms with van der Waals surface area (Å²) in [5, 5.41) is 3.38. The van der Waals surface area contributed by atoms with Gasteiger partial charge in [0.1, 0.15) is 11.5 Å². The molecule has 0 bridgehead atoms. The number of hydrogen-bond acceptors (Lipinski definition) is 7. The van der Waals surface area contributed by atoms with Crippen LogP contribution in [0.25, 0.3) is 28.1 Å². The van der Waals surface area contributed by atoms with E-state index in [-0.39, 0.29) is 34.0 Å². The lowest BCUT2D eigenvalue weighted by atomic mass is 10.0. The highest BCUT2D eigenvalue weighted by atomic mass is 35.5. The summed E-state index contributed by atoms with van der Waals surface area (Å²) < 4.78 is 16.2. The van der Waals surface area contributed by atoms with Crippen LogP contribution in [0.2, 0.25) is 5.15 Å². The van der Waals surface area contributed by atoms with Crippen molar-refractivity contribution in [3.8, 4) is 16.9 Å². The number of benzene rings is 1. The van der Waals surface area contributed by atoms with E-state index in [9.17, 15) is 9.18 Å².